The van der Waals surface area contributed by atoms with Crippen molar-refractivity contribution in [3.63, 3.8) is 0 Å². The molecule has 1 aromatic heterocycles. The Kier molecular flexibility index (Phi) is 5.19. The van der Waals surface area contributed by atoms with E-state index in [1.165, 1.54) is 6.07 Å². The lowest BCUT2D eigenvalue weighted by molar-refractivity contribution is 0.340. The molecule has 0 unspecified atom stereocenters. The van der Waals surface area contributed by atoms with Gasteiger partial charge in [-0.15, -0.1) is 12.4 Å². The number of fused-ring (bicyclic) bond motifs is 1. The molecular weight excluding hydrogens is 254 g/mol. The third-order valence-corrected chi connectivity index (χ3v) is 2.45. The van der Waals surface area contributed by atoms with Crippen LogP contribution in [0.2, 0.25) is 0 Å². The minimum Gasteiger partial charge on any atom is -0.494 e. The smallest absolute Gasteiger partial charge is 0.192 e. The topological polar surface area (TPSA) is 65.5 Å². The Morgan fingerprint density at radius 3 is 2.78 bits per heavy atom. The third kappa shape index (κ3) is 3.03. The Bertz CT molecular complexity index is 575. The summed E-state index contributed by atoms with van der Waals surface area (Å²) >= 11 is 0. The maximum Gasteiger partial charge on any atom is 0.192 e. The molecule has 0 aliphatic heterocycles. The average Bonchev–Trinajstić information content (AvgIpc) is 2.29. The number of ether oxygens (including phenoxy) is 1. The van der Waals surface area contributed by atoms with Gasteiger partial charge in [0.1, 0.15) is 17.1 Å². The molecule has 1 aromatic carbocycles. The molecule has 0 saturated carbocycles. The minimum atomic E-state index is -0.0438. The fourth-order valence-electron chi connectivity index (χ4n) is 1.71. The second-order valence-electron chi connectivity index (χ2n) is 3.71. The van der Waals surface area contributed by atoms with Crippen LogP contribution in [0.5, 0.6) is 5.75 Å². The van der Waals surface area contributed by atoms with E-state index in [0.29, 0.717) is 42.1 Å². The first-order valence-corrected chi connectivity index (χ1v) is 5.64. The normalized spacial score (nSPS) is 10.1. The fourth-order valence-corrected chi connectivity index (χ4v) is 1.71. The molecular formula is C13H16ClNO3. The van der Waals surface area contributed by atoms with Crippen LogP contribution in [0, 0.1) is 0 Å². The summed E-state index contributed by atoms with van der Waals surface area (Å²) in [6.07, 6.45) is 0.560. The SMILES string of the molecule is CCOc1ccc2c(=O)cc(CCN)oc2c1.Cl. The highest BCUT2D eigenvalue weighted by Gasteiger charge is 2.05. The number of hydrogen-bond acceptors (Lipinski definition) is 4. The Hall–Kier alpha value is -1.52. The molecule has 2 N–H and O–H groups in total. The second-order valence-corrected chi connectivity index (χ2v) is 3.71. The summed E-state index contributed by atoms with van der Waals surface area (Å²) < 4.78 is 11.0. The van der Waals surface area contributed by atoms with Crippen LogP contribution in [0.15, 0.2) is 33.5 Å². The predicted octanol–water partition coefficient (Wildman–Crippen LogP) is 2.11. The van der Waals surface area contributed by atoms with Crippen LogP contribution in [-0.2, 0) is 6.42 Å². The van der Waals surface area contributed by atoms with Crippen molar-refractivity contribution in [2.75, 3.05) is 13.2 Å². The van der Waals surface area contributed by atoms with Gasteiger partial charge in [-0.1, -0.05) is 0 Å². The molecule has 0 amide bonds. The lowest BCUT2D eigenvalue weighted by atomic mass is 10.2. The molecule has 0 radical (unpaired) electrons. The van der Waals surface area contributed by atoms with E-state index >= 15 is 0 Å². The zero-order valence-electron chi connectivity index (χ0n) is 10.1. The van der Waals surface area contributed by atoms with E-state index in [9.17, 15) is 4.79 Å². The summed E-state index contributed by atoms with van der Waals surface area (Å²) in [5.74, 6) is 1.31. The van der Waals surface area contributed by atoms with Crippen molar-refractivity contribution in [2.45, 2.75) is 13.3 Å². The van der Waals surface area contributed by atoms with Crippen molar-refractivity contribution in [1.29, 1.82) is 0 Å². The van der Waals surface area contributed by atoms with E-state index in [1.807, 2.05) is 6.92 Å². The largest absolute Gasteiger partial charge is 0.494 e. The summed E-state index contributed by atoms with van der Waals surface area (Å²) in [6.45, 7) is 2.95. The van der Waals surface area contributed by atoms with Crippen LogP contribution >= 0.6 is 12.4 Å². The zero-order chi connectivity index (χ0) is 12.3. The Morgan fingerprint density at radius 2 is 2.11 bits per heavy atom. The monoisotopic (exact) mass is 269 g/mol. The minimum absolute atomic E-state index is 0. The van der Waals surface area contributed by atoms with E-state index in [0.717, 1.165) is 0 Å². The fraction of sp³-hybridized carbons (Fsp3) is 0.308. The van der Waals surface area contributed by atoms with Crippen LogP contribution in [0.25, 0.3) is 11.0 Å². The highest BCUT2D eigenvalue weighted by atomic mass is 35.5. The van der Waals surface area contributed by atoms with Crippen molar-refractivity contribution in [2.24, 2.45) is 5.73 Å². The standard InChI is InChI=1S/C13H15NO3.ClH/c1-2-16-9-3-4-11-12(15)7-10(5-6-14)17-13(11)8-9;/h3-4,7-8H,2,5-6,14H2,1H3;1H. The molecule has 18 heavy (non-hydrogen) atoms. The molecule has 0 saturated heterocycles. The van der Waals surface area contributed by atoms with Gasteiger partial charge in [0.2, 0.25) is 0 Å². The van der Waals surface area contributed by atoms with Gasteiger partial charge in [0.15, 0.2) is 5.43 Å². The number of halogens is 1. The zero-order valence-corrected chi connectivity index (χ0v) is 11.0. The van der Waals surface area contributed by atoms with Gasteiger partial charge in [-0.2, -0.15) is 0 Å². The molecule has 4 nitrogen and oxygen atoms in total. The summed E-state index contributed by atoms with van der Waals surface area (Å²) in [7, 11) is 0. The first-order chi connectivity index (χ1) is 8.24. The first kappa shape index (κ1) is 14.5. The van der Waals surface area contributed by atoms with Crippen LogP contribution in [0.4, 0.5) is 0 Å². The van der Waals surface area contributed by atoms with Gasteiger partial charge >= 0.3 is 0 Å². The van der Waals surface area contributed by atoms with E-state index in [2.05, 4.69) is 0 Å². The highest BCUT2D eigenvalue weighted by molar-refractivity contribution is 5.85. The van der Waals surface area contributed by atoms with E-state index in [4.69, 9.17) is 14.9 Å². The van der Waals surface area contributed by atoms with Crippen LogP contribution < -0.4 is 15.9 Å². The number of benzene rings is 1. The summed E-state index contributed by atoms with van der Waals surface area (Å²) in [5, 5.41) is 0.564. The van der Waals surface area contributed by atoms with Crippen molar-refractivity contribution >= 4 is 23.4 Å². The second kappa shape index (κ2) is 6.42. The molecule has 0 aliphatic rings. The molecule has 5 heteroatoms. The lowest BCUT2D eigenvalue weighted by Gasteiger charge is -2.05. The van der Waals surface area contributed by atoms with Crippen LogP contribution in [0.1, 0.15) is 12.7 Å². The molecule has 0 spiro atoms. The molecule has 2 aromatic rings. The van der Waals surface area contributed by atoms with Crippen molar-refractivity contribution in [3.05, 3.63) is 40.2 Å². The summed E-state index contributed by atoms with van der Waals surface area (Å²) in [4.78, 5) is 11.8. The van der Waals surface area contributed by atoms with Gasteiger partial charge in [0.25, 0.3) is 0 Å². The molecule has 0 atom stereocenters. The third-order valence-electron chi connectivity index (χ3n) is 2.45. The van der Waals surface area contributed by atoms with Gasteiger partial charge < -0.3 is 14.9 Å². The Labute approximate surface area is 111 Å². The maximum atomic E-state index is 11.8. The molecule has 1 heterocycles. The number of nitrogens with two attached hydrogens (primary N) is 1. The number of rotatable bonds is 4. The van der Waals surface area contributed by atoms with Crippen LogP contribution in [0.3, 0.4) is 0 Å². The first-order valence-electron chi connectivity index (χ1n) is 5.64. The number of hydrogen-bond donors (Lipinski definition) is 1. The molecule has 0 bridgehead atoms. The maximum absolute atomic E-state index is 11.8. The van der Waals surface area contributed by atoms with Gasteiger partial charge in [0.05, 0.1) is 12.0 Å². The van der Waals surface area contributed by atoms with Gasteiger partial charge in [-0.25, -0.2) is 0 Å². The quantitative estimate of drug-likeness (QED) is 0.923. The Morgan fingerprint density at radius 1 is 1.33 bits per heavy atom. The van der Waals surface area contributed by atoms with Crippen LogP contribution in [-0.4, -0.2) is 13.2 Å². The summed E-state index contributed by atoms with van der Waals surface area (Å²) in [6, 6.07) is 6.72. The van der Waals surface area contributed by atoms with Gasteiger partial charge in [0, 0.05) is 18.6 Å². The van der Waals surface area contributed by atoms with E-state index in [1.54, 1.807) is 18.2 Å². The Balaban J connectivity index is 0.00000162. The van der Waals surface area contributed by atoms with Gasteiger partial charge in [-0.05, 0) is 25.6 Å². The molecule has 2 rings (SSSR count). The summed E-state index contributed by atoms with van der Waals surface area (Å²) in [5.41, 5.74) is 5.95. The van der Waals surface area contributed by atoms with Crippen molar-refractivity contribution in [1.82, 2.24) is 0 Å². The van der Waals surface area contributed by atoms with Gasteiger partial charge in [-0.3, -0.25) is 4.79 Å². The van der Waals surface area contributed by atoms with Crippen molar-refractivity contribution in [3.8, 4) is 5.75 Å². The predicted molar refractivity (Wildman–Crippen MR) is 73.7 cm³/mol. The van der Waals surface area contributed by atoms with E-state index in [-0.39, 0.29) is 17.8 Å². The van der Waals surface area contributed by atoms with Crippen molar-refractivity contribution < 1.29 is 9.15 Å². The molecule has 0 aliphatic carbocycles. The average molecular weight is 270 g/mol. The lowest BCUT2D eigenvalue weighted by Crippen LogP contribution is -2.07. The van der Waals surface area contributed by atoms with E-state index < -0.39 is 0 Å². The highest BCUT2D eigenvalue weighted by Crippen LogP contribution is 2.19. The molecule has 98 valence electrons. The molecule has 0 fully saturated rings.